The zero-order valence-electron chi connectivity index (χ0n) is 9.57. The molecular weight excluding hydrogens is 188 g/mol. The van der Waals surface area contributed by atoms with Crippen molar-refractivity contribution in [2.45, 2.75) is 33.4 Å². The van der Waals surface area contributed by atoms with Gasteiger partial charge in [0.25, 0.3) is 0 Å². The van der Waals surface area contributed by atoms with Crippen LogP contribution in [0.1, 0.15) is 26.6 Å². The Labute approximate surface area is 90.9 Å². The Morgan fingerprint density at radius 2 is 2.27 bits per heavy atom. The normalized spacial score (nSPS) is 12.7. The quantitative estimate of drug-likeness (QED) is 0.792. The second-order valence-corrected chi connectivity index (χ2v) is 4.18. The summed E-state index contributed by atoms with van der Waals surface area (Å²) in [6.45, 7) is 8.22. The van der Waals surface area contributed by atoms with Crippen LogP contribution in [0.2, 0.25) is 0 Å². The molecular formula is C11H18N4. The molecule has 1 aromatic heterocycles. The largest absolute Gasteiger partial charge is 0.322 e. The molecule has 15 heavy (non-hydrogen) atoms. The maximum atomic E-state index is 8.79. The predicted molar refractivity (Wildman–Crippen MR) is 59.2 cm³/mol. The Balaban J connectivity index is 2.45. The standard InChI is InChI=1S/C11H18N4/c1-9(2)14-7-10(3)8-15-5-4-13-11(15)6-12/h4-5,9-10,14H,7-8H2,1-3H3. The van der Waals surface area contributed by atoms with Crippen LogP contribution in [0.4, 0.5) is 0 Å². The molecule has 0 bridgehead atoms. The van der Waals surface area contributed by atoms with Gasteiger partial charge in [-0.3, -0.25) is 0 Å². The van der Waals surface area contributed by atoms with E-state index in [2.05, 4.69) is 37.1 Å². The highest BCUT2D eigenvalue weighted by Gasteiger charge is 2.07. The smallest absolute Gasteiger partial charge is 0.212 e. The van der Waals surface area contributed by atoms with Crippen molar-refractivity contribution >= 4 is 0 Å². The number of imidazole rings is 1. The van der Waals surface area contributed by atoms with E-state index in [9.17, 15) is 0 Å². The molecule has 0 radical (unpaired) electrons. The summed E-state index contributed by atoms with van der Waals surface area (Å²) < 4.78 is 1.90. The van der Waals surface area contributed by atoms with E-state index in [4.69, 9.17) is 5.26 Å². The molecule has 0 aliphatic rings. The summed E-state index contributed by atoms with van der Waals surface area (Å²) >= 11 is 0. The van der Waals surface area contributed by atoms with E-state index in [-0.39, 0.29) is 0 Å². The van der Waals surface area contributed by atoms with Crippen molar-refractivity contribution in [3.05, 3.63) is 18.2 Å². The van der Waals surface area contributed by atoms with Gasteiger partial charge in [-0.25, -0.2) is 4.98 Å². The number of hydrogen-bond acceptors (Lipinski definition) is 3. The zero-order valence-corrected chi connectivity index (χ0v) is 9.57. The summed E-state index contributed by atoms with van der Waals surface area (Å²) in [6, 6.07) is 2.58. The van der Waals surface area contributed by atoms with Crippen molar-refractivity contribution in [3.63, 3.8) is 0 Å². The first-order valence-corrected chi connectivity index (χ1v) is 5.28. The molecule has 0 amide bonds. The molecule has 0 saturated heterocycles. The lowest BCUT2D eigenvalue weighted by atomic mass is 10.1. The van der Waals surface area contributed by atoms with Gasteiger partial charge in [0.1, 0.15) is 6.07 Å². The average Bonchev–Trinajstić information content (AvgIpc) is 2.62. The minimum Gasteiger partial charge on any atom is -0.322 e. The van der Waals surface area contributed by atoms with Crippen molar-refractivity contribution in [2.75, 3.05) is 6.54 Å². The van der Waals surface area contributed by atoms with Gasteiger partial charge < -0.3 is 9.88 Å². The molecule has 1 atom stereocenters. The third-order valence-corrected chi connectivity index (χ3v) is 2.20. The van der Waals surface area contributed by atoms with Crippen LogP contribution in [0.5, 0.6) is 0 Å². The summed E-state index contributed by atoms with van der Waals surface area (Å²) in [5.74, 6) is 0.986. The van der Waals surface area contributed by atoms with Gasteiger partial charge in [0, 0.05) is 25.0 Å². The first-order valence-electron chi connectivity index (χ1n) is 5.28. The zero-order chi connectivity index (χ0) is 11.3. The summed E-state index contributed by atoms with van der Waals surface area (Å²) in [7, 11) is 0. The van der Waals surface area contributed by atoms with Crippen LogP contribution in [0.3, 0.4) is 0 Å². The molecule has 82 valence electrons. The molecule has 0 aromatic carbocycles. The Morgan fingerprint density at radius 3 is 2.87 bits per heavy atom. The highest BCUT2D eigenvalue weighted by molar-refractivity contribution is 5.11. The Morgan fingerprint density at radius 1 is 1.53 bits per heavy atom. The van der Waals surface area contributed by atoms with Crippen molar-refractivity contribution in [3.8, 4) is 6.07 Å². The maximum absolute atomic E-state index is 8.79. The average molecular weight is 206 g/mol. The van der Waals surface area contributed by atoms with E-state index in [1.54, 1.807) is 6.20 Å². The van der Waals surface area contributed by atoms with Crippen LogP contribution in [-0.4, -0.2) is 22.1 Å². The maximum Gasteiger partial charge on any atom is 0.212 e. The summed E-state index contributed by atoms with van der Waals surface area (Å²) in [6.07, 6.45) is 3.52. The fourth-order valence-corrected chi connectivity index (χ4v) is 1.41. The lowest BCUT2D eigenvalue weighted by molar-refractivity contribution is 0.424. The first-order chi connectivity index (χ1) is 7.13. The lowest BCUT2D eigenvalue weighted by Gasteiger charge is -2.15. The summed E-state index contributed by atoms with van der Waals surface area (Å²) in [4.78, 5) is 3.96. The highest BCUT2D eigenvalue weighted by Crippen LogP contribution is 2.03. The van der Waals surface area contributed by atoms with Crippen molar-refractivity contribution < 1.29 is 0 Å². The molecule has 0 aliphatic heterocycles. The van der Waals surface area contributed by atoms with Crippen molar-refractivity contribution in [1.29, 1.82) is 5.26 Å². The second-order valence-electron chi connectivity index (χ2n) is 4.18. The van der Waals surface area contributed by atoms with Gasteiger partial charge in [-0.1, -0.05) is 20.8 Å². The monoisotopic (exact) mass is 206 g/mol. The topological polar surface area (TPSA) is 53.6 Å². The molecule has 4 heteroatoms. The molecule has 0 saturated carbocycles. The van der Waals surface area contributed by atoms with E-state index in [1.807, 2.05) is 10.8 Å². The van der Waals surface area contributed by atoms with Crippen LogP contribution in [0.15, 0.2) is 12.4 Å². The van der Waals surface area contributed by atoms with Crippen LogP contribution in [0, 0.1) is 17.2 Å². The number of rotatable bonds is 5. The molecule has 1 aromatic rings. The van der Waals surface area contributed by atoms with Crippen molar-refractivity contribution in [1.82, 2.24) is 14.9 Å². The van der Waals surface area contributed by atoms with Gasteiger partial charge in [-0.05, 0) is 12.5 Å². The van der Waals surface area contributed by atoms with Crippen LogP contribution in [0.25, 0.3) is 0 Å². The molecule has 0 aliphatic carbocycles. The molecule has 1 heterocycles. The van der Waals surface area contributed by atoms with Crippen molar-refractivity contribution in [2.24, 2.45) is 5.92 Å². The van der Waals surface area contributed by atoms with E-state index in [1.165, 1.54) is 0 Å². The molecule has 1 N–H and O–H groups in total. The molecule has 0 spiro atoms. The number of nitriles is 1. The first kappa shape index (κ1) is 11.7. The van der Waals surface area contributed by atoms with E-state index >= 15 is 0 Å². The summed E-state index contributed by atoms with van der Waals surface area (Å²) in [5.41, 5.74) is 0. The number of aromatic nitrogens is 2. The second kappa shape index (κ2) is 5.52. The Kier molecular flexibility index (Phi) is 4.32. The third-order valence-electron chi connectivity index (χ3n) is 2.20. The molecule has 0 fully saturated rings. The van der Waals surface area contributed by atoms with Gasteiger partial charge >= 0.3 is 0 Å². The Bertz CT molecular complexity index is 335. The van der Waals surface area contributed by atoms with Gasteiger partial charge in [-0.2, -0.15) is 5.26 Å². The van der Waals surface area contributed by atoms with Crippen LogP contribution >= 0.6 is 0 Å². The SMILES string of the molecule is CC(CNC(C)C)Cn1ccnc1C#N. The van der Waals surface area contributed by atoms with Gasteiger partial charge in [0.2, 0.25) is 5.82 Å². The van der Waals surface area contributed by atoms with Gasteiger partial charge in [0.05, 0.1) is 0 Å². The highest BCUT2D eigenvalue weighted by atomic mass is 15.1. The number of nitrogens with one attached hydrogen (secondary N) is 1. The molecule has 1 rings (SSSR count). The summed E-state index contributed by atoms with van der Waals surface area (Å²) in [5, 5.41) is 12.2. The van der Waals surface area contributed by atoms with E-state index in [0.29, 0.717) is 17.8 Å². The van der Waals surface area contributed by atoms with E-state index in [0.717, 1.165) is 13.1 Å². The minimum absolute atomic E-state index is 0.492. The number of hydrogen-bond donors (Lipinski definition) is 1. The third kappa shape index (κ3) is 3.72. The fraction of sp³-hybridized carbons (Fsp3) is 0.636. The van der Waals surface area contributed by atoms with Crippen LogP contribution < -0.4 is 5.32 Å². The van der Waals surface area contributed by atoms with E-state index < -0.39 is 0 Å². The molecule has 1 unspecified atom stereocenters. The predicted octanol–water partition coefficient (Wildman–Crippen LogP) is 1.39. The lowest BCUT2D eigenvalue weighted by Crippen LogP contribution is -2.29. The Hall–Kier alpha value is -1.34. The fourth-order valence-electron chi connectivity index (χ4n) is 1.41. The number of nitrogens with zero attached hydrogens (tertiary/aromatic N) is 3. The molecule has 4 nitrogen and oxygen atoms in total. The van der Waals surface area contributed by atoms with Gasteiger partial charge in [0.15, 0.2) is 0 Å². The van der Waals surface area contributed by atoms with Crippen LogP contribution in [-0.2, 0) is 6.54 Å². The van der Waals surface area contributed by atoms with Gasteiger partial charge in [-0.15, -0.1) is 0 Å². The minimum atomic E-state index is 0.492.